The quantitative estimate of drug-likeness (QED) is 0.836. The number of carbonyl (C=O) groups is 1. The number of sulfonamides is 1. The van der Waals surface area contributed by atoms with E-state index in [4.69, 9.17) is 0 Å². The first-order chi connectivity index (χ1) is 12.1. The molecule has 1 aromatic heterocycles. The monoisotopic (exact) mass is 378 g/mol. The summed E-state index contributed by atoms with van der Waals surface area (Å²) in [6, 6.07) is 5.61. The van der Waals surface area contributed by atoms with Gasteiger partial charge in [-0.3, -0.25) is 9.48 Å². The van der Waals surface area contributed by atoms with Gasteiger partial charge in [-0.15, -0.1) is 0 Å². The molecule has 26 heavy (non-hydrogen) atoms. The molecule has 1 atom stereocenters. The average molecular weight is 378 g/mol. The fourth-order valence-electron chi connectivity index (χ4n) is 3.06. The van der Waals surface area contributed by atoms with Crippen molar-refractivity contribution in [3.05, 3.63) is 46.8 Å². The van der Waals surface area contributed by atoms with Crippen molar-refractivity contribution in [2.45, 2.75) is 45.2 Å². The number of nitrogens with zero attached hydrogens (tertiary/aromatic N) is 3. The molecule has 8 heteroatoms. The van der Waals surface area contributed by atoms with Gasteiger partial charge in [-0.1, -0.05) is 6.07 Å². The fourth-order valence-corrected chi connectivity index (χ4v) is 4.32. The zero-order valence-corrected chi connectivity index (χ0v) is 16.9. The van der Waals surface area contributed by atoms with Crippen molar-refractivity contribution in [3.63, 3.8) is 0 Å². The Kier molecular flexibility index (Phi) is 5.87. The van der Waals surface area contributed by atoms with Gasteiger partial charge in [-0.2, -0.15) is 5.10 Å². The number of rotatable bonds is 6. The normalized spacial score (nSPS) is 12.8. The Balaban J connectivity index is 2.33. The van der Waals surface area contributed by atoms with E-state index in [9.17, 15) is 13.2 Å². The SMILES string of the molecule is CCn1nc(C)c([C@H](C)NS(=O)(=O)c2cccc(C(=O)N(C)C)c2)c1C. The van der Waals surface area contributed by atoms with E-state index in [1.165, 1.54) is 17.0 Å². The topological polar surface area (TPSA) is 84.3 Å². The highest BCUT2D eigenvalue weighted by Crippen LogP contribution is 2.24. The van der Waals surface area contributed by atoms with Gasteiger partial charge >= 0.3 is 0 Å². The number of hydrogen-bond donors (Lipinski definition) is 1. The van der Waals surface area contributed by atoms with Crippen molar-refractivity contribution < 1.29 is 13.2 Å². The first-order valence-corrected chi connectivity index (χ1v) is 9.94. The molecule has 0 saturated heterocycles. The summed E-state index contributed by atoms with van der Waals surface area (Å²) in [5, 5.41) is 4.44. The molecule has 0 radical (unpaired) electrons. The summed E-state index contributed by atoms with van der Waals surface area (Å²) in [5.41, 5.74) is 2.94. The van der Waals surface area contributed by atoms with Gasteiger partial charge in [0, 0.05) is 43.5 Å². The minimum atomic E-state index is -3.78. The second kappa shape index (κ2) is 7.59. The average Bonchev–Trinajstić information content (AvgIpc) is 2.87. The Labute approximate surface area is 155 Å². The highest BCUT2D eigenvalue weighted by molar-refractivity contribution is 7.89. The summed E-state index contributed by atoms with van der Waals surface area (Å²) in [5.74, 6) is -0.244. The summed E-state index contributed by atoms with van der Waals surface area (Å²) < 4.78 is 30.1. The Bertz CT molecular complexity index is 917. The second-order valence-corrected chi connectivity index (χ2v) is 8.18. The summed E-state index contributed by atoms with van der Waals surface area (Å²) in [4.78, 5) is 13.6. The molecule has 0 saturated carbocycles. The maximum Gasteiger partial charge on any atom is 0.253 e. The molecule has 0 unspecified atom stereocenters. The van der Waals surface area contributed by atoms with Crippen LogP contribution in [0.5, 0.6) is 0 Å². The van der Waals surface area contributed by atoms with Gasteiger partial charge in [0.25, 0.3) is 5.91 Å². The Morgan fingerprint density at radius 1 is 1.31 bits per heavy atom. The van der Waals surface area contributed by atoms with Gasteiger partial charge in [0.05, 0.1) is 10.6 Å². The lowest BCUT2D eigenvalue weighted by molar-refractivity contribution is 0.0827. The predicted octanol–water partition coefficient (Wildman–Crippen LogP) is 2.26. The zero-order valence-electron chi connectivity index (χ0n) is 16.1. The lowest BCUT2D eigenvalue weighted by atomic mass is 10.1. The third-order valence-electron chi connectivity index (χ3n) is 4.30. The lowest BCUT2D eigenvalue weighted by Crippen LogP contribution is -2.28. The van der Waals surface area contributed by atoms with Crippen molar-refractivity contribution in [2.24, 2.45) is 0 Å². The first kappa shape index (κ1) is 20.1. The number of carbonyl (C=O) groups excluding carboxylic acids is 1. The van der Waals surface area contributed by atoms with Crippen molar-refractivity contribution >= 4 is 15.9 Å². The molecule has 0 spiro atoms. The van der Waals surface area contributed by atoms with Crippen LogP contribution >= 0.6 is 0 Å². The molecule has 0 aliphatic heterocycles. The number of benzene rings is 1. The van der Waals surface area contributed by atoms with Crippen LogP contribution in [-0.4, -0.2) is 43.1 Å². The van der Waals surface area contributed by atoms with E-state index in [1.54, 1.807) is 33.2 Å². The molecule has 1 heterocycles. The van der Waals surface area contributed by atoms with Crippen LogP contribution in [0.25, 0.3) is 0 Å². The molecule has 0 aliphatic rings. The van der Waals surface area contributed by atoms with E-state index in [2.05, 4.69) is 9.82 Å². The fraction of sp³-hybridized carbons (Fsp3) is 0.444. The molecule has 0 fully saturated rings. The van der Waals surface area contributed by atoms with Crippen molar-refractivity contribution in [1.29, 1.82) is 0 Å². The van der Waals surface area contributed by atoms with E-state index in [-0.39, 0.29) is 10.8 Å². The highest BCUT2D eigenvalue weighted by Gasteiger charge is 2.24. The molecule has 7 nitrogen and oxygen atoms in total. The number of nitrogens with one attached hydrogen (secondary N) is 1. The molecule has 142 valence electrons. The largest absolute Gasteiger partial charge is 0.345 e. The summed E-state index contributed by atoms with van der Waals surface area (Å²) in [6.45, 7) is 8.31. The number of hydrogen-bond acceptors (Lipinski definition) is 4. The van der Waals surface area contributed by atoms with Gasteiger partial charge in [-0.25, -0.2) is 13.1 Å². The van der Waals surface area contributed by atoms with Crippen molar-refractivity contribution in [2.75, 3.05) is 14.1 Å². The molecule has 2 aromatic rings. The maximum atomic E-state index is 12.8. The Morgan fingerprint density at radius 3 is 2.50 bits per heavy atom. The van der Waals surface area contributed by atoms with Crippen LogP contribution < -0.4 is 4.72 Å². The van der Waals surface area contributed by atoms with E-state index in [1.807, 2.05) is 25.5 Å². The Morgan fingerprint density at radius 2 is 1.96 bits per heavy atom. The molecule has 2 rings (SSSR count). The summed E-state index contributed by atoms with van der Waals surface area (Å²) >= 11 is 0. The van der Waals surface area contributed by atoms with Crippen LogP contribution in [0.3, 0.4) is 0 Å². The smallest absolute Gasteiger partial charge is 0.253 e. The Hall–Kier alpha value is -2.19. The van der Waals surface area contributed by atoms with Crippen molar-refractivity contribution in [3.8, 4) is 0 Å². The van der Waals surface area contributed by atoms with Crippen LogP contribution in [0.4, 0.5) is 0 Å². The maximum absolute atomic E-state index is 12.8. The zero-order chi connectivity index (χ0) is 19.6. The summed E-state index contributed by atoms with van der Waals surface area (Å²) in [6.07, 6.45) is 0. The van der Waals surface area contributed by atoms with Gasteiger partial charge in [-0.05, 0) is 45.9 Å². The van der Waals surface area contributed by atoms with Crippen LogP contribution in [0.15, 0.2) is 29.2 Å². The predicted molar refractivity (Wildman–Crippen MR) is 101 cm³/mol. The second-order valence-electron chi connectivity index (χ2n) is 6.47. The van der Waals surface area contributed by atoms with Gasteiger partial charge < -0.3 is 4.90 Å². The van der Waals surface area contributed by atoms with Gasteiger partial charge in [0.15, 0.2) is 0 Å². The molecular weight excluding hydrogens is 352 g/mol. The molecule has 1 N–H and O–H groups in total. The van der Waals surface area contributed by atoms with Crippen LogP contribution in [0.1, 0.15) is 47.2 Å². The van der Waals surface area contributed by atoms with Crippen LogP contribution in [0, 0.1) is 13.8 Å². The van der Waals surface area contributed by atoms with Crippen molar-refractivity contribution in [1.82, 2.24) is 19.4 Å². The highest BCUT2D eigenvalue weighted by atomic mass is 32.2. The molecule has 1 amide bonds. The number of aryl methyl sites for hydroxylation is 2. The lowest BCUT2D eigenvalue weighted by Gasteiger charge is -2.16. The molecule has 0 aliphatic carbocycles. The van der Waals surface area contributed by atoms with E-state index in [0.717, 1.165) is 23.5 Å². The third kappa shape index (κ3) is 3.96. The molecular formula is C18H26N4O3S. The van der Waals surface area contributed by atoms with Crippen LogP contribution in [0.2, 0.25) is 0 Å². The summed E-state index contributed by atoms with van der Waals surface area (Å²) in [7, 11) is -0.527. The van der Waals surface area contributed by atoms with E-state index < -0.39 is 16.1 Å². The minimum Gasteiger partial charge on any atom is -0.345 e. The van der Waals surface area contributed by atoms with Crippen LogP contribution in [-0.2, 0) is 16.6 Å². The molecule has 1 aromatic carbocycles. The standard InChI is InChI=1S/C18H26N4O3S/c1-7-22-14(4)17(12(2)19-22)13(3)20-26(24,25)16-10-8-9-15(11-16)18(23)21(5)6/h8-11,13,20H,7H2,1-6H3/t13-/m0/s1. The third-order valence-corrected chi connectivity index (χ3v) is 5.84. The van der Waals surface area contributed by atoms with Gasteiger partial charge in [0.1, 0.15) is 0 Å². The molecule has 0 bridgehead atoms. The number of aromatic nitrogens is 2. The number of amides is 1. The van der Waals surface area contributed by atoms with E-state index >= 15 is 0 Å². The first-order valence-electron chi connectivity index (χ1n) is 8.46. The minimum absolute atomic E-state index is 0.0650. The van der Waals surface area contributed by atoms with Gasteiger partial charge in [0.2, 0.25) is 10.0 Å². The van der Waals surface area contributed by atoms with E-state index in [0.29, 0.717) is 5.56 Å².